The zero-order chi connectivity index (χ0) is 17.0. The van der Waals surface area contributed by atoms with Crippen molar-refractivity contribution in [3.05, 3.63) is 28.4 Å². The lowest BCUT2D eigenvalue weighted by Gasteiger charge is -2.18. The number of carbonyl (C=O) groups excluding carboxylic acids is 2. The Bertz CT molecular complexity index is 658. The summed E-state index contributed by atoms with van der Waals surface area (Å²) in [5.41, 5.74) is 0.784. The van der Waals surface area contributed by atoms with E-state index < -0.39 is 11.9 Å². The van der Waals surface area contributed by atoms with E-state index in [9.17, 15) is 9.59 Å². The van der Waals surface area contributed by atoms with Crippen LogP contribution >= 0.6 is 11.6 Å². The van der Waals surface area contributed by atoms with Crippen molar-refractivity contribution in [1.82, 2.24) is 10.6 Å². The fraction of sp³-hybridized carbons (Fsp3) is 0.375. The zero-order valence-electron chi connectivity index (χ0n) is 13.2. The molecule has 1 aromatic carbocycles. The molecule has 1 saturated heterocycles. The Labute approximate surface area is 139 Å². The van der Waals surface area contributed by atoms with E-state index in [-0.39, 0.29) is 11.8 Å². The number of nitrogens with one attached hydrogen (secondary N) is 2. The molecule has 0 radical (unpaired) electrons. The first-order valence-corrected chi connectivity index (χ1v) is 7.79. The third-order valence-electron chi connectivity index (χ3n) is 3.26. The molecule has 1 atom stereocenters. The molecular weight excluding hydrogens is 320 g/mol. The van der Waals surface area contributed by atoms with Crippen LogP contribution in [0.4, 0.5) is 4.79 Å². The lowest BCUT2D eigenvalue weighted by molar-refractivity contribution is -0.115. The van der Waals surface area contributed by atoms with Crippen LogP contribution in [0.3, 0.4) is 0 Å². The van der Waals surface area contributed by atoms with Crippen LogP contribution in [-0.2, 0) is 4.79 Å². The van der Waals surface area contributed by atoms with E-state index in [0.29, 0.717) is 28.7 Å². The van der Waals surface area contributed by atoms with Gasteiger partial charge in [-0.15, -0.1) is 0 Å². The monoisotopic (exact) mass is 338 g/mol. The van der Waals surface area contributed by atoms with Crippen LogP contribution in [0.25, 0.3) is 6.08 Å². The number of hydrogen-bond acceptors (Lipinski definition) is 4. The maximum absolute atomic E-state index is 11.6. The van der Waals surface area contributed by atoms with Gasteiger partial charge in [0.15, 0.2) is 11.5 Å². The zero-order valence-corrected chi connectivity index (χ0v) is 14.0. The van der Waals surface area contributed by atoms with Gasteiger partial charge in [-0.1, -0.05) is 18.5 Å². The molecule has 0 saturated carbocycles. The summed E-state index contributed by atoms with van der Waals surface area (Å²) in [4.78, 5) is 22.7. The molecular formula is C16H19ClN2O4. The van der Waals surface area contributed by atoms with E-state index >= 15 is 0 Å². The predicted molar refractivity (Wildman–Crippen MR) is 87.7 cm³/mol. The maximum Gasteiger partial charge on any atom is 0.326 e. The van der Waals surface area contributed by atoms with Crippen molar-refractivity contribution in [3.8, 4) is 11.5 Å². The second-order valence-corrected chi connectivity index (χ2v) is 5.47. The molecule has 1 aromatic rings. The Kier molecular flexibility index (Phi) is 5.50. The summed E-state index contributed by atoms with van der Waals surface area (Å²) in [5.74, 6) is 0.492. The van der Waals surface area contributed by atoms with Crippen molar-refractivity contribution < 1.29 is 19.1 Å². The number of halogens is 1. The van der Waals surface area contributed by atoms with Gasteiger partial charge in [0.25, 0.3) is 5.91 Å². The summed E-state index contributed by atoms with van der Waals surface area (Å²) >= 11 is 6.30. The molecule has 124 valence electrons. The van der Waals surface area contributed by atoms with Gasteiger partial charge in [0.05, 0.1) is 17.7 Å². The summed E-state index contributed by atoms with van der Waals surface area (Å²) in [7, 11) is 0. The predicted octanol–water partition coefficient (Wildman–Crippen LogP) is 3.10. The van der Waals surface area contributed by atoms with Gasteiger partial charge in [-0.25, -0.2) is 4.79 Å². The minimum Gasteiger partial charge on any atom is -0.490 e. The van der Waals surface area contributed by atoms with Crippen molar-refractivity contribution in [3.63, 3.8) is 0 Å². The first kappa shape index (κ1) is 17.1. The third kappa shape index (κ3) is 4.16. The van der Waals surface area contributed by atoms with Crippen molar-refractivity contribution in [2.75, 3.05) is 6.61 Å². The fourth-order valence-corrected chi connectivity index (χ4v) is 2.25. The highest BCUT2D eigenvalue weighted by molar-refractivity contribution is 6.32. The summed E-state index contributed by atoms with van der Waals surface area (Å²) in [6.07, 6.45) is 2.36. The molecule has 23 heavy (non-hydrogen) atoms. The van der Waals surface area contributed by atoms with Gasteiger partial charge in [-0.05, 0) is 44.0 Å². The maximum atomic E-state index is 11.6. The Morgan fingerprint density at radius 3 is 2.57 bits per heavy atom. The number of rotatable bonds is 6. The van der Waals surface area contributed by atoms with Crippen LogP contribution in [0.5, 0.6) is 11.5 Å². The summed E-state index contributed by atoms with van der Waals surface area (Å²) in [6, 6.07) is 2.83. The normalized spacial score (nSPS) is 17.0. The van der Waals surface area contributed by atoms with Gasteiger partial charge in [0.2, 0.25) is 0 Å². The lowest BCUT2D eigenvalue weighted by atomic mass is 10.1. The van der Waals surface area contributed by atoms with Gasteiger partial charge in [-0.3, -0.25) is 10.1 Å². The van der Waals surface area contributed by atoms with E-state index in [2.05, 4.69) is 10.6 Å². The minimum atomic E-state index is -0.547. The largest absolute Gasteiger partial charge is 0.490 e. The van der Waals surface area contributed by atoms with Crippen LogP contribution < -0.4 is 20.1 Å². The van der Waals surface area contributed by atoms with E-state index in [1.165, 1.54) is 6.08 Å². The average Bonchev–Trinajstić information content (AvgIpc) is 2.80. The van der Waals surface area contributed by atoms with Gasteiger partial charge in [0, 0.05) is 0 Å². The quantitative estimate of drug-likeness (QED) is 0.617. The van der Waals surface area contributed by atoms with Crippen LogP contribution in [0.2, 0.25) is 5.02 Å². The minimum absolute atomic E-state index is 0.00388. The van der Waals surface area contributed by atoms with Gasteiger partial charge >= 0.3 is 6.03 Å². The number of amides is 3. The van der Waals surface area contributed by atoms with Crippen LogP contribution in [0, 0.1) is 0 Å². The fourth-order valence-electron chi connectivity index (χ4n) is 1.98. The van der Waals surface area contributed by atoms with E-state index in [1.54, 1.807) is 12.1 Å². The SMILES string of the molecule is CCOc1cc(/C=C2/NC(=O)NC2=O)cc(Cl)c1OC(C)CC. The molecule has 2 rings (SSSR count). The molecule has 1 aliphatic heterocycles. The lowest BCUT2D eigenvalue weighted by Crippen LogP contribution is -2.22. The smallest absolute Gasteiger partial charge is 0.326 e. The molecule has 0 spiro atoms. The second-order valence-electron chi connectivity index (χ2n) is 5.07. The summed E-state index contributed by atoms with van der Waals surface area (Å²) in [5, 5.41) is 4.95. The standard InChI is InChI=1S/C16H19ClN2O4/c1-4-9(3)23-14-11(17)6-10(8-13(14)22-5-2)7-12-15(20)19-16(21)18-12/h6-9H,4-5H2,1-3H3,(H2,18,19,20,21)/b12-7+. The van der Waals surface area contributed by atoms with Gasteiger partial charge < -0.3 is 14.8 Å². The highest BCUT2D eigenvalue weighted by atomic mass is 35.5. The molecule has 1 fully saturated rings. The number of hydrogen-bond donors (Lipinski definition) is 2. The Hall–Kier alpha value is -2.21. The van der Waals surface area contributed by atoms with Crippen LogP contribution in [-0.4, -0.2) is 24.6 Å². The summed E-state index contributed by atoms with van der Waals surface area (Å²) in [6.45, 7) is 6.26. The van der Waals surface area contributed by atoms with Crippen molar-refractivity contribution in [2.45, 2.75) is 33.3 Å². The molecule has 0 aromatic heterocycles. The molecule has 0 bridgehead atoms. The number of imide groups is 1. The van der Waals surface area contributed by atoms with E-state index in [4.69, 9.17) is 21.1 Å². The third-order valence-corrected chi connectivity index (χ3v) is 3.54. The number of urea groups is 1. The molecule has 2 N–H and O–H groups in total. The van der Waals surface area contributed by atoms with Crippen LogP contribution in [0.1, 0.15) is 32.8 Å². The first-order chi connectivity index (χ1) is 10.9. The Balaban J connectivity index is 2.37. The Morgan fingerprint density at radius 2 is 2.00 bits per heavy atom. The number of carbonyl (C=O) groups is 2. The highest BCUT2D eigenvalue weighted by Crippen LogP contribution is 2.38. The van der Waals surface area contributed by atoms with Gasteiger partial charge in [0.1, 0.15) is 5.70 Å². The highest BCUT2D eigenvalue weighted by Gasteiger charge is 2.23. The molecule has 1 aliphatic rings. The molecule has 6 nitrogen and oxygen atoms in total. The summed E-state index contributed by atoms with van der Waals surface area (Å²) < 4.78 is 11.4. The molecule has 3 amide bonds. The number of benzene rings is 1. The second kappa shape index (κ2) is 7.37. The van der Waals surface area contributed by atoms with Crippen molar-refractivity contribution in [1.29, 1.82) is 0 Å². The van der Waals surface area contributed by atoms with E-state index in [1.807, 2.05) is 20.8 Å². The number of ether oxygens (including phenoxy) is 2. The molecule has 1 heterocycles. The van der Waals surface area contributed by atoms with Gasteiger partial charge in [-0.2, -0.15) is 0 Å². The molecule has 1 unspecified atom stereocenters. The van der Waals surface area contributed by atoms with Crippen LogP contribution in [0.15, 0.2) is 17.8 Å². The van der Waals surface area contributed by atoms with Crippen molar-refractivity contribution >= 4 is 29.6 Å². The first-order valence-electron chi connectivity index (χ1n) is 7.41. The molecule has 0 aliphatic carbocycles. The van der Waals surface area contributed by atoms with Crippen molar-refractivity contribution in [2.24, 2.45) is 0 Å². The van der Waals surface area contributed by atoms with E-state index in [0.717, 1.165) is 6.42 Å². The average molecular weight is 339 g/mol. The topological polar surface area (TPSA) is 76.7 Å². The molecule has 7 heteroatoms. The Morgan fingerprint density at radius 1 is 1.26 bits per heavy atom.